The molecule has 0 atom stereocenters. The zero-order chi connectivity index (χ0) is 12.8. The molecule has 5 nitrogen and oxygen atoms in total. The van der Waals surface area contributed by atoms with Crippen LogP contribution < -0.4 is 5.73 Å². The minimum atomic E-state index is -0.168. The van der Waals surface area contributed by atoms with Crippen molar-refractivity contribution >= 4 is 22.2 Å². The van der Waals surface area contributed by atoms with Gasteiger partial charge < -0.3 is 10.6 Å². The minimum Gasteiger partial charge on any atom is -0.378 e. The highest BCUT2D eigenvalue weighted by molar-refractivity contribution is 8.25. The van der Waals surface area contributed by atoms with Crippen molar-refractivity contribution in [2.45, 2.75) is 44.1 Å². The van der Waals surface area contributed by atoms with Gasteiger partial charge in [-0.1, -0.05) is 0 Å². The van der Waals surface area contributed by atoms with Crippen LogP contribution in [0.2, 0.25) is 0 Å². The molecule has 18 heavy (non-hydrogen) atoms. The molecular weight excluding hydrogens is 250 g/mol. The van der Waals surface area contributed by atoms with Crippen LogP contribution in [0.1, 0.15) is 38.5 Å². The molecule has 0 aromatic carbocycles. The Kier molecular flexibility index (Phi) is 3.02. The van der Waals surface area contributed by atoms with Gasteiger partial charge in [-0.3, -0.25) is 10.8 Å². The third-order valence-electron chi connectivity index (χ3n) is 4.48. The number of rotatable bonds is 2. The quantitative estimate of drug-likeness (QED) is 0.311. The molecule has 100 valence electrons. The summed E-state index contributed by atoms with van der Waals surface area (Å²) in [7, 11) is 0. The first kappa shape index (κ1) is 12.3. The van der Waals surface area contributed by atoms with E-state index in [1.54, 1.807) is 0 Å². The Hall–Kier alpha value is -0.750. The van der Waals surface area contributed by atoms with Crippen LogP contribution in [0.15, 0.2) is 0 Å². The highest BCUT2D eigenvalue weighted by Crippen LogP contribution is 2.57. The minimum absolute atomic E-state index is 0.141. The molecule has 4 saturated carbocycles. The van der Waals surface area contributed by atoms with Crippen LogP contribution >= 0.6 is 11.8 Å². The molecule has 4 bridgehead atoms. The Bertz CT molecular complexity index is 350. The molecule has 0 radical (unpaired) electrons. The number of nitrogens with one attached hydrogen (secondary N) is 2. The molecule has 0 amide bonds. The normalized spacial score (nSPS) is 40.8. The van der Waals surface area contributed by atoms with Crippen molar-refractivity contribution in [2.75, 3.05) is 0 Å². The maximum atomic E-state index is 7.52. The first-order valence-electron chi connectivity index (χ1n) is 6.51. The summed E-state index contributed by atoms with van der Waals surface area (Å²) in [6.45, 7) is 0. The summed E-state index contributed by atoms with van der Waals surface area (Å²) >= 11 is 0.780. The van der Waals surface area contributed by atoms with E-state index in [9.17, 15) is 0 Å². The highest BCUT2D eigenvalue weighted by Gasteiger charge is 2.53. The van der Waals surface area contributed by atoms with E-state index in [-0.39, 0.29) is 16.0 Å². The summed E-state index contributed by atoms with van der Waals surface area (Å²) in [4.78, 5) is 10.7. The number of nitrogens with two attached hydrogens (primary N) is 1. The second-order valence-electron chi connectivity index (χ2n) is 6.02. The topological polar surface area (TPSA) is 92.2 Å². The molecular formula is C12H19N3O2S. The van der Waals surface area contributed by atoms with Gasteiger partial charge in [-0.15, -0.1) is 0 Å². The van der Waals surface area contributed by atoms with Gasteiger partial charge in [0.15, 0.2) is 5.17 Å². The highest BCUT2D eigenvalue weighted by atomic mass is 32.2. The van der Waals surface area contributed by atoms with Gasteiger partial charge in [-0.2, -0.15) is 4.89 Å². The van der Waals surface area contributed by atoms with Crippen molar-refractivity contribution in [1.82, 2.24) is 0 Å². The molecule has 4 aliphatic rings. The van der Waals surface area contributed by atoms with Crippen LogP contribution in [0.5, 0.6) is 0 Å². The lowest BCUT2D eigenvalue weighted by molar-refractivity contribution is -0.338. The number of thioether (sulfide) groups is 1. The molecule has 4 aliphatic carbocycles. The number of amidine groups is 1. The Labute approximate surface area is 111 Å². The molecule has 4 N–H and O–H groups in total. The van der Waals surface area contributed by atoms with E-state index in [2.05, 4.69) is 0 Å². The second kappa shape index (κ2) is 4.42. The Morgan fingerprint density at radius 1 is 1.06 bits per heavy atom. The zero-order valence-electron chi connectivity index (χ0n) is 10.3. The van der Waals surface area contributed by atoms with Crippen molar-refractivity contribution < 1.29 is 9.78 Å². The van der Waals surface area contributed by atoms with Gasteiger partial charge >= 0.3 is 0 Å². The Balaban J connectivity index is 1.59. The number of hydrogen-bond acceptors (Lipinski definition) is 5. The molecule has 0 aromatic heterocycles. The van der Waals surface area contributed by atoms with E-state index in [1.165, 1.54) is 19.3 Å². The Morgan fingerprint density at radius 2 is 1.56 bits per heavy atom. The van der Waals surface area contributed by atoms with Crippen molar-refractivity contribution in [1.29, 1.82) is 10.8 Å². The van der Waals surface area contributed by atoms with Crippen LogP contribution in [0.25, 0.3) is 0 Å². The molecule has 0 aliphatic heterocycles. The molecule has 4 fully saturated rings. The third kappa shape index (κ3) is 2.36. The van der Waals surface area contributed by atoms with Crippen LogP contribution in [0, 0.1) is 28.6 Å². The molecule has 6 heteroatoms. The van der Waals surface area contributed by atoms with Crippen LogP contribution in [-0.2, 0) is 9.78 Å². The Morgan fingerprint density at radius 3 is 2.00 bits per heavy atom. The molecule has 4 rings (SSSR count). The van der Waals surface area contributed by atoms with Crippen LogP contribution in [0.3, 0.4) is 0 Å². The van der Waals surface area contributed by atoms with E-state index in [0.29, 0.717) is 0 Å². The zero-order valence-corrected chi connectivity index (χ0v) is 11.1. The van der Waals surface area contributed by atoms with Crippen molar-refractivity contribution in [3.8, 4) is 0 Å². The number of hydrogen-bond donors (Lipinski definition) is 3. The van der Waals surface area contributed by atoms with Crippen LogP contribution in [-0.4, -0.2) is 16.0 Å². The van der Waals surface area contributed by atoms with Crippen molar-refractivity contribution in [3.05, 3.63) is 0 Å². The van der Waals surface area contributed by atoms with Crippen LogP contribution in [0.4, 0.5) is 0 Å². The third-order valence-corrected chi connectivity index (χ3v) is 4.95. The molecule has 0 saturated heterocycles. The summed E-state index contributed by atoms with van der Waals surface area (Å²) in [5.41, 5.74) is 5.03. The largest absolute Gasteiger partial charge is 0.378 e. The van der Waals surface area contributed by atoms with E-state index < -0.39 is 0 Å². The van der Waals surface area contributed by atoms with E-state index >= 15 is 0 Å². The lowest BCUT2D eigenvalue weighted by Crippen LogP contribution is -2.52. The van der Waals surface area contributed by atoms with E-state index in [1.807, 2.05) is 0 Å². The average molecular weight is 269 g/mol. The van der Waals surface area contributed by atoms with Gasteiger partial charge in [-0.05, 0) is 56.3 Å². The molecule has 0 unspecified atom stereocenters. The summed E-state index contributed by atoms with van der Waals surface area (Å²) in [5.74, 6) is 2.36. The van der Waals surface area contributed by atoms with Gasteiger partial charge in [0, 0.05) is 11.8 Å². The van der Waals surface area contributed by atoms with Gasteiger partial charge in [0.05, 0.1) is 0 Å². The lowest BCUT2D eigenvalue weighted by atomic mass is 9.54. The molecule has 0 aromatic rings. The molecule has 0 spiro atoms. The standard InChI is InChI=1S/C12H19N3O2S/c13-10(14)18-11(15)16-17-12-4-7-1-8(5-12)3-9(2-7)6-12/h7-9,15H,1-6H2,(H3,13,14). The fourth-order valence-corrected chi connectivity index (χ4v) is 4.64. The van der Waals surface area contributed by atoms with Crippen molar-refractivity contribution in [3.63, 3.8) is 0 Å². The molecule has 0 heterocycles. The predicted molar refractivity (Wildman–Crippen MR) is 70.3 cm³/mol. The fraction of sp³-hybridized carbons (Fsp3) is 0.833. The van der Waals surface area contributed by atoms with Gasteiger partial charge in [0.2, 0.25) is 0 Å². The van der Waals surface area contributed by atoms with Crippen molar-refractivity contribution in [2.24, 2.45) is 23.5 Å². The summed E-state index contributed by atoms with van der Waals surface area (Å²) in [5, 5.41) is 14.3. The fourth-order valence-electron chi connectivity index (χ4n) is 4.38. The smallest absolute Gasteiger partial charge is 0.291 e. The predicted octanol–water partition coefficient (Wildman–Crippen LogP) is 2.46. The average Bonchev–Trinajstić information content (AvgIpc) is 2.23. The maximum absolute atomic E-state index is 7.52. The SMILES string of the molecule is N=C(N)SC(=N)OOC12CC3CC(CC(C3)C1)C2. The second-order valence-corrected chi connectivity index (χ2v) is 7.04. The monoisotopic (exact) mass is 269 g/mol. The van der Waals surface area contributed by atoms with Gasteiger partial charge in [0.1, 0.15) is 5.60 Å². The van der Waals surface area contributed by atoms with E-state index in [0.717, 1.165) is 48.8 Å². The summed E-state index contributed by atoms with van der Waals surface area (Å²) in [6.07, 6.45) is 7.25. The lowest BCUT2D eigenvalue weighted by Gasteiger charge is -2.54. The van der Waals surface area contributed by atoms with Gasteiger partial charge in [0.25, 0.3) is 5.23 Å². The summed E-state index contributed by atoms with van der Waals surface area (Å²) in [6, 6.07) is 0. The van der Waals surface area contributed by atoms with Gasteiger partial charge in [-0.25, -0.2) is 0 Å². The first-order valence-corrected chi connectivity index (χ1v) is 7.32. The van der Waals surface area contributed by atoms with E-state index in [4.69, 9.17) is 26.3 Å². The first-order chi connectivity index (χ1) is 8.55. The maximum Gasteiger partial charge on any atom is 0.291 e. The summed E-state index contributed by atoms with van der Waals surface area (Å²) < 4.78 is 0.